The van der Waals surface area contributed by atoms with Crippen LogP contribution in [0, 0.1) is 11.8 Å². The molecule has 5 saturated heterocycles. The van der Waals surface area contributed by atoms with Crippen molar-refractivity contribution in [1.29, 1.82) is 0 Å². The number of benzene rings is 2. The van der Waals surface area contributed by atoms with Gasteiger partial charge in [-0.1, -0.05) is 38.1 Å². The first-order valence-electron chi connectivity index (χ1n) is 15.8. The van der Waals surface area contributed by atoms with Gasteiger partial charge in [0.05, 0.1) is 12.1 Å². The highest BCUT2D eigenvalue weighted by Gasteiger charge is 2.55. The summed E-state index contributed by atoms with van der Waals surface area (Å²) in [5.74, 6) is 0.761. The second-order valence-electron chi connectivity index (χ2n) is 13.0. The van der Waals surface area contributed by atoms with Crippen molar-refractivity contribution in [3.8, 4) is 0 Å². The summed E-state index contributed by atoms with van der Waals surface area (Å²) in [6.07, 6.45) is 5.86. The molecule has 0 N–H and O–H groups in total. The Balaban J connectivity index is 1.22. The first-order valence-corrected chi connectivity index (χ1v) is 15.8. The quantitative estimate of drug-likeness (QED) is 0.521. The highest BCUT2D eigenvalue weighted by atomic mass is 16.2. The molecule has 7 rings (SSSR count). The maximum Gasteiger partial charge on any atom is 0.246 e. The van der Waals surface area contributed by atoms with Gasteiger partial charge < -0.3 is 19.6 Å². The first-order chi connectivity index (χ1) is 20.3. The molecule has 220 valence electrons. The molecule has 6 atom stereocenters. The van der Waals surface area contributed by atoms with Gasteiger partial charge in [0, 0.05) is 37.3 Å². The molecule has 0 aliphatic carbocycles. The minimum Gasteiger partial charge on any atom is -0.322 e. The predicted molar refractivity (Wildman–Crippen MR) is 160 cm³/mol. The molecular formula is C34H40N4O4. The fourth-order valence-electron chi connectivity index (χ4n) is 8.36. The Kier molecular flexibility index (Phi) is 6.82. The van der Waals surface area contributed by atoms with E-state index in [4.69, 9.17) is 0 Å². The molecule has 2 aromatic rings. The van der Waals surface area contributed by atoms with Gasteiger partial charge in [0.1, 0.15) is 12.1 Å². The van der Waals surface area contributed by atoms with Gasteiger partial charge in [-0.2, -0.15) is 0 Å². The average Bonchev–Trinajstić information content (AvgIpc) is 3.63. The molecule has 0 bridgehead atoms. The Labute approximate surface area is 247 Å². The lowest BCUT2D eigenvalue weighted by Crippen LogP contribution is -2.69. The summed E-state index contributed by atoms with van der Waals surface area (Å²) in [5, 5.41) is 0. The van der Waals surface area contributed by atoms with E-state index in [1.54, 1.807) is 0 Å². The number of carbonyl (C=O) groups excluding carboxylic acids is 4. The van der Waals surface area contributed by atoms with Crippen LogP contribution in [-0.4, -0.2) is 58.6 Å². The van der Waals surface area contributed by atoms with Crippen LogP contribution in [0.2, 0.25) is 0 Å². The Hall–Kier alpha value is -3.68. The van der Waals surface area contributed by atoms with E-state index < -0.39 is 12.1 Å². The maximum atomic E-state index is 14.5. The zero-order valence-corrected chi connectivity index (χ0v) is 24.6. The maximum absolute atomic E-state index is 14.5. The van der Waals surface area contributed by atoms with Crippen molar-refractivity contribution in [1.82, 2.24) is 9.80 Å². The lowest BCUT2D eigenvalue weighted by atomic mass is 9.76. The van der Waals surface area contributed by atoms with Crippen molar-refractivity contribution < 1.29 is 19.2 Å². The van der Waals surface area contributed by atoms with Gasteiger partial charge in [0.2, 0.25) is 23.6 Å². The van der Waals surface area contributed by atoms with Crippen LogP contribution in [0.1, 0.15) is 88.4 Å². The molecule has 8 heteroatoms. The van der Waals surface area contributed by atoms with Crippen molar-refractivity contribution in [3.63, 3.8) is 0 Å². The topological polar surface area (TPSA) is 81.2 Å². The van der Waals surface area contributed by atoms with Gasteiger partial charge in [-0.25, -0.2) is 0 Å². The third-order valence-electron chi connectivity index (χ3n) is 10.4. The number of rotatable bonds is 4. The number of fused-ring (bicyclic) bond motifs is 2. The van der Waals surface area contributed by atoms with E-state index in [1.807, 2.05) is 43.9 Å². The van der Waals surface area contributed by atoms with Crippen LogP contribution in [0.25, 0.3) is 0 Å². The van der Waals surface area contributed by atoms with Gasteiger partial charge in [-0.15, -0.1) is 0 Å². The molecule has 5 aliphatic heterocycles. The summed E-state index contributed by atoms with van der Waals surface area (Å²) in [6, 6.07) is 14.7. The van der Waals surface area contributed by atoms with E-state index in [-0.39, 0.29) is 47.5 Å². The molecule has 42 heavy (non-hydrogen) atoms. The van der Waals surface area contributed by atoms with Crippen molar-refractivity contribution in [2.45, 2.75) is 89.4 Å². The van der Waals surface area contributed by atoms with Gasteiger partial charge in [-0.3, -0.25) is 19.2 Å². The molecule has 5 heterocycles. The lowest BCUT2D eigenvalue weighted by molar-refractivity contribution is -0.177. The third-order valence-corrected chi connectivity index (χ3v) is 10.4. The van der Waals surface area contributed by atoms with Crippen LogP contribution in [-0.2, 0) is 19.2 Å². The summed E-state index contributed by atoms with van der Waals surface area (Å²) in [7, 11) is 0. The third kappa shape index (κ3) is 4.33. The fourth-order valence-corrected chi connectivity index (χ4v) is 8.36. The number of piperazine rings is 1. The Bertz CT molecular complexity index is 1330. The molecule has 5 unspecified atom stereocenters. The lowest BCUT2D eigenvalue weighted by Gasteiger charge is -2.56. The van der Waals surface area contributed by atoms with Gasteiger partial charge in [0.15, 0.2) is 0 Å². The summed E-state index contributed by atoms with van der Waals surface area (Å²) in [6.45, 7) is 5.79. The van der Waals surface area contributed by atoms with Crippen LogP contribution in [0.5, 0.6) is 0 Å². The molecule has 5 aliphatic rings. The molecule has 0 aromatic heterocycles. The monoisotopic (exact) mass is 568 g/mol. The first kappa shape index (κ1) is 27.2. The van der Waals surface area contributed by atoms with Crippen molar-refractivity contribution in [3.05, 3.63) is 59.7 Å². The minimum atomic E-state index is -0.497. The highest BCUT2D eigenvalue weighted by Crippen LogP contribution is 2.48. The number of amides is 4. The number of anilines is 2. The molecule has 0 saturated carbocycles. The number of hydrogen-bond acceptors (Lipinski definition) is 4. The zero-order chi connectivity index (χ0) is 29.1. The molecule has 0 spiro atoms. The van der Waals surface area contributed by atoms with Crippen molar-refractivity contribution in [2.75, 3.05) is 22.9 Å². The standard InChI is InChI=1S/C34H40N4O4/c1-21-13-15-27-34(42)38-28(16-14-22(2)32(38)24-8-4-10-26(20-24)36-18-6-12-30(36)40)33(41)37(27)31(21)23-7-3-9-25(19-23)35-17-5-11-29(35)39/h3-4,7-10,19-22,27-28,31-32H,5-6,11-18H2,1-2H3/t21?,22?,27?,28?,31-,32?/m0/s1. The number of carbonyl (C=O) groups is 4. The Morgan fingerprint density at radius 3 is 1.40 bits per heavy atom. The summed E-state index contributed by atoms with van der Waals surface area (Å²) < 4.78 is 0. The van der Waals surface area contributed by atoms with Crippen molar-refractivity contribution in [2.24, 2.45) is 11.8 Å². The van der Waals surface area contributed by atoms with E-state index in [0.29, 0.717) is 25.7 Å². The summed E-state index contributed by atoms with van der Waals surface area (Å²) in [4.78, 5) is 61.4. The molecule has 0 radical (unpaired) electrons. The second kappa shape index (κ2) is 10.5. The van der Waals surface area contributed by atoms with Crippen LogP contribution in [0.3, 0.4) is 0 Å². The molecule has 8 nitrogen and oxygen atoms in total. The molecule has 4 amide bonds. The molecule has 5 fully saturated rings. The van der Waals surface area contributed by atoms with Crippen molar-refractivity contribution >= 4 is 35.0 Å². The van der Waals surface area contributed by atoms with E-state index >= 15 is 0 Å². The van der Waals surface area contributed by atoms with E-state index in [1.165, 1.54) is 0 Å². The number of piperidine rings is 2. The van der Waals surface area contributed by atoms with Crippen LogP contribution in [0.15, 0.2) is 48.5 Å². The van der Waals surface area contributed by atoms with Gasteiger partial charge in [-0.05, 0) is 85.8 Å². The highest BCUT2D eigenvalue weighted by molar-refractivity contribution is 5.99. The zero-order valence-electron chi connectivity index (χ0n) is 24.6. The Morgan fingerprint density at radius 1 is 0.595 bits per heavy atom. The number of hydrogen-bond donors (Lipinski definition) is 0. The minimum absolute atomic E-state index is 0.0431. The van der Waals surface area contributed by atoms with Gasteiger partial charge in [0.25, 0.3) is 0 Å². The Morgan fingerprint density at radius 2 is 1.02 bits per heavy atom. The normalized spacial score (nSPS) is 31.6. The molecule has 2 aromatic carbocycles. The van der Waals surface area contributed by atoms with E-state index in [0.717, 1.165) is 61.3 Å². The predicted octanol–water partition coefficient (Wildman–Crippen LogP) is 4.99. The van der Waals surface area contributed by atoms with Gasteiger partial charge >= 0.3 is 0 Å². The summed E-state index contributed by atoms with van der Waals surface area (Å²) in [5.41, 5.74) is 3.76. The smallest absolute Gasteiger partial charge is 0.246 e. The summed E-state index contributed by atoms with van der Waals surface area (Å²) >= 11 is 0. The largest absolute Gasteiger partial charge is 0.322 e. The van der Waals surface area contributed by atoms with Crippen LogP contribution < -0.4 is 9.80 Å². The molecular weight excluding hydrogens is 528 g/mol. The average molecular weight is 569 g/mol. The second-order valence-corrected chi connectivity index (χ2v) is 13.0. The van der Waals surface area contributed by atoms with E-state index in [2.05, 4.69) is 38.1 Å². The fraction of sp³-hybridized carbons (Fsp3) is 0.529. The van der Waals surface area contributed by atoms with Crippen LogP contribution in [0.4, 0.5) is 11.4 Å². The number of nitrogens with zero attached hydrogens (tertiary/aromatic N) is 4. The van der Waals surface area contributed by atoms with E-state index in [9.17, 15) is 19.2 Å². The van der Waals surface area contributed by atoms with Crippen LogP contribution >= 0.6 is 0 Å². The SMILES string of the molecule is CC1CCC2C(=O)N3C(CCC(C)[C@H]3c3cccc(N4CCCC4=O)c3)C(=O)N2C1c1cccc(N2CCCC2=O)c1.